The lowest BCUT2D eigenvalue weighted by atomic mass is 9.95. The van der Waals surface area contributed by atoms with E-state index in [-0.39, 0.29) is 0 Å². The van der Waals surface area contributed by atoms with Crippen LogP contribution in [0.5, 0.6) is 0 Å². The summed E-state index contributed by atoms with van der Waals surface area (Å²) < 4.78 is 0. The van der Waals surface area contributed by atoms with Crippen LogP contribution < -0.4 is 5.32 Å². The molecular weight excluding hydrogens is 110 g/mol. The summed E-state index contributed by atoms with van der Waals surface area (Å²) in [4.78, 5) is 0. The zero-order chi connectivity index (χ0) is 6.27. The molecule has 0 aromatic rings. The van der Waals surface area contributed by atoms with Gasteiger partial charge in [0.15, 0.2) is 0 Å². The van der Waals surface area contributed by atoms with Gasteiger partial charge in [-0.25, -0.2) is 0 Å². The zero-order valence-electron chi connectivity index (χ0n) is 6.06. The molecule has 2 aliphatic heterocycles. The largest absolute Gasteiger partial charge is 0.311 e. The van der Waals surface area contributed by atoms with Gasteiger partial charge in [0.1, 0.15) is 0 Å². The first-order valence-corrected chi connectivity index (χ1v) is 4.10. The lowest BCUT2D eigenvalue weighted by Crippen LogP contribution is -2.37. The Kier molecular flexibility index (Phi) is 1.26. The molecule has 2 unspecified atom stereocenters. The van der Waals surface area contributed by atoms with Crippen LogP contribution in [0.25, 0.3) is 0 Å². The third kappa shape index (κ3) is 0.983. The SMILES string of the molecule is CC1CC2CC[C@H](C1)N2. The van der Waals surface area contributed by atoms with E-state index in [0.29, 0.717) is 0 Å². The van der Waals surface area contributed by atoms with Crippen molar-refractivity contribution in [1.29, 1.82) is 0 Å². The molecule has 0 aromatic heterocycles. The summed E-state index contributed by atoms with van der Waals surface area (Å²) >= 11 is 0. The van der Waals surface area contributed by atoms with Gasteiger partial charge in [-0.05, 0) is 31.6 Å². The number of nitrogens with one attached hydrogen (secondary N) is 1. The van der Waals surface area contributed by atoms with Crippen LogP contribution in [0.15, 0.2) is 0 Å². The average Bonchev–Trinajstić information content (AvgIpc) is 2.11. The van der Waals surface area contributed by atoms with Gasteiger partial charge in [-0.15, -0.1) is 0 Å². The first kappa shape index (κ1) is 5.72. The monoisotopic (exact) mass is 125 g/mol. The standard InChI is InChI=1S/C8H15N/c1-6-4-7-2-3-8(5-6)9-7/h6-9H,2-5H2,1H3/t6?,7-,8?/m1/s1. The van der Waals surface area contributed by atoms with Crippen LogP contribution in [0.3, 0.4) is 0 Å². The molecular formula is C8H15N. The van der Waals surface area contributed by atoms with E-state index < -0.39 is 0 Å². The van der Waals surface area contributed by atoms with E-state index >= 15 is 0 Å². The number of piperidine rings is 1. The molecule has 52 valence electrons. The van der Waals surface area contributed by atoms with Crippen LogP contribution in [0.4, 0.5) is 0 Å². The van der Waals surface area contributed by atoms with Gasteiger partial charge in [-0.3, -0.25) is 0 Å². The molecule has 2 bridgehead atoms. The lowest BCUT2D eigenvalue weighted by molar-refractivity contribution is 0.319. The number of hydrogen-bond donors (Lipinski definition) is 1. The fourth-order valence-electron chi connectivity index (χ4n) is 2.34. The van der Waals surface area contributed by atoms with Crippen LogP contribution >= 0.6 is 0 Å². The fraction of sp³-hybridized carbons (Fsp3) is 1.00. The molecule has 2 fully saturated rings. The minimum atomic E-state index is 0.888. The van der Waals surface area contributed by atoms with Crippen LogP contribution in [-0.4, -0.2) is 12.1 Å². The molecule has 2 rings (SSSR count). The Balaban J connectivity index is 2.03. The van der Waals surface area contributed by atoms with Gasteiger partial charge in [-0.1, -0.05) is 6.92 Å². The van der Waals surface area contributed by atoms with Crippen molar-refractivity contribution in [2.45, 2.75) is 44.7 Å². The highest BCUT2D eigenvalue weighted by molar-refractivity contribution is 4.90. The van der Waals surface area contributed by atoms with E-state index in [1.165, 1.54) is 25.7 Å². The molecule has 1 N–H and O–H groups in total. The van der Waals surface area contributed by atoms with Crippen LogP contribution in [-0.2, 0) is 0 Å². The predicted molar refractivity (Wildman–Crippen MR) is 38.3 cm³/mol. The molecule has 2 aliphatic rings. The van der Waals surface area contributed by atoms with E-state index in [1.54, 1.807) is 0 Å². The Hall–Kier alpha value is -0.0400. The van der Waals surface area contributed by atoms with Gasteiger partial charge < -0.3 is 5.32 Å². The minimum Gasteiger partial charge on any atom is -0.311 e. The lowest BCUT2D eigenvalue weighted by Gasteiger charge is -2.25. The van der Waals surface area contributed by atoms with E-state index in [9.17, 15) is 0 Å². The topological polar surface area (TPSA) is 12.0 Å². The Bertz CT molecular complexity index is 99.1. The second-order valence-electron chi connectivity index (χ2n) is 3.71. The molecule has 1 heteroatoms. The highest BCUT2D eigenvalue weighted by atomic mass is 15.0. The summed E-state index contributed by atoms with van der Waals surface area (Å²) in [6.45, 7) is 2.38. The van der Waals surface area contributed by atoms with Crippen LogP contribution in [0.1, 0.15) is 32.6 Å². The zero-order valence-corrected chi connectivity index (χ0v) is 6.06. The Morgan fingerprint density at radius 3 is 2.22 bits per heavy atom. The molecule has 2 saturated heterocycles. The highest BCUT2D eigenvalue weighted by Gasteiger charge is 2.30. The third-order valence-corrected chi connectivity index (χ3v) is 2.71. The molecule has 1 nitrogen and oxygen atoms in total. The third-order valence-electron chi connectivity index (χ3n) is 2.71. The summed E-state index contributed by atoms with van der Waals surface area (Å²) in [5, 5.41) is 3.62. The van der Waals surface area contributed by atoms with Gasteiger partial charge in [0.2, 0.25) is 0 Å². The average molecular weight is 125 g/mol. The molecule has 9 heavy (non-hydrogen) atoms. The maximum Gasteiger partial charge on any atom is 0.00727 e. The quantitative estimate of drug-likeness (QED) is 0.518. The van der Waals surface area contributed by atoms with Crippen molar-refractivity contribution < 1.29 is 0 Å². The Morgan fingerprint density at radius 1 is 1.11 bits per heavy atom. The summed E-state index contributed by atoms with van der Waals surface area (Å²) in [6, 6.07) is 1.78. The number of hydrogen-bond acceptors (Lipinski definition) is 1. The molecule has 0 amide bonds. The predicted octanol–water partition coefficient (Wildman–Crippen LogP) is 1.54. The van der Waals surface area contributed by atoms with Crippen LogP contribution in [0.2, 0.25) is 0 Å². The first-order chi connectivity index (χ1) is 4.34. The second-order valence-corrected chi connectivity index (χ2v) is 3.71. The molecule has 0 aromatic carbocycles. The summed E-state index contributed by atoms with van der Waals surface area (Å²) in [6.07, 6.45) is 5.73. The van der Waals surface area contributed by atoms with Gasteiger partial charge in [0.25, 0.3) is 0 Å². The second kappa shape index (κ2) is 1.98. The van der Waals surface area contributed by atoms with Crippen molar-refractivity contribution in [2.24, 2.45) is 5.92 Å². The van der Waals surface area contributed by atoms with Gasteiger partial charge >= 0.3 is 0 Å². The van der Waals surface area contributed by atoms with E-state index in [1.807, 2.05) is 0 Å². The molecule has 0 aliphatic carbocycles. The van der Waals surface area contributed by atoms with E-state index in [4.69, 9.17) is 0 Å². The van der Waals surface area contributed by atoms with Crippen molar-refractivity contribution in [3.8, 4) is 0 Å². The summed E-state index contributed by atoms with van der Waals surface area (Å²) in [5.74, 6) is 0.990. The van der Waals surface area contributed by atoms with Gasteiger partial charge in [0, 0.05) is 12.1 Å². The van der Waals surface area contributed by atoms with Gasteiger partial charge in [-0.2, -0.15) is 0 Å². The number of fused-ring (bicyclic) bond motifs is 2. The normalized spacial score (nSPS) is 49.7. The molecule has 0 spiro atoms. The molecule has 2 heterocycles. The maximum atomic E-state index is 3.62. The van der Waals surface area contributed by atoms with Crippen molar-refractivity contribution in [2.75, 3.05) is 0 Å². The van der Waals surface area contributed by atoms with Crippen molar-refractivity contribution in [3.63, 3.8) is 0 Å². The molecule has 3 atom stereocenters. The summed E-state index contributed by atoms with van der Waals surface area (Å²) in [5.41, 5.74) is 0. The van der Waals surface area contributed by atoms with Gasteiger partial charge in [0.05, 0.1) is 0 Å². The maximum absolute atomic E-state index is 3.62. The summed E-state index contributed by atoms with van der Waals surface area (Å²) in [7, 11) is 0. The Labute approximate surface area is 56.8 Å². The highest BCUT2D eigenvalue weighted by Crippen LogP contribution is 2.29. The molecule has 0 saturated carbocycles. The minimum absolute atomic E-state index is 0.888. The first-order valence-electron chi connectivity index (χ1n) is 4.10. The van der Waals surface area contributed by atoms with Crippen molar-refractivity contribution >= 4 is 0 Å². The van der Waals surface area contributed by atoms with E-state index in [2.05, 4.69) is 12.2 Å². The number of rotatable bonds is 0. The smallest absolute Gasteiger partial charge is 0.00727 e. The fourth-order valence-corrected chi connectivity index (χ4v) is 2.34. The van der Waals surface area contributed by atoms with Crippen LogP contribution in [0, 0.1) is 5.92 Å². The van der Waals surface area contributed by atoms with E-state index in [0.717, 1.165) is 18.0 Å². The molecule has 0 radical (unpaired) electrons. The Morgan fingerprint density at radius 2 is 1.67 bits per heavy atom. The van der Waals surface area contributed by atoms with Crippen molar-refractivity contribution in [1.82, 2.24) is 5.32 Å². The van der Waals surface area contributed by atoms with Crippen molar-refractivity contribution in [3.05, 3.63) is 0 Å².